The normalized spacial score (nSPS) is 31.6. The van der Waals surface area contributed by atoms with Crippen molar-refractivity contribution in [1.29, 1.82) is 0 Å². The van der Waals surface area contributed by atoms with Crippen LogP contribution in [0.5, 0.6) is 0 Å². The van der Waals surface area contributed by atoms with Gasteiger partial charge in [0.25, 0.3) is 0 Å². The molecule has 116 valence electrons. The lowest BCUT2D eigenvalue weighted by Gasteiger charge is -2.23. The largest absolute Gasteiger partial charge is 0.395 e. The minimum atomic E-state index is -3.52. The second-order valence-electron chi connectivity index (χ2n) is 6.04. The first-order valence-corrected chi connectivity index (χ1v) is 8.61. The highest BCUT2D eigenvalue weighted by Gasteiger charge is 2.41. The molecule has 1 heterocycles. The van der Waals surface area contributed by atoms with Gasteiger partial charge in [0.1, 0.15) is 5.78 Å². The van der Waals surface area contributed by atoms with Gasteiger partial charge in [-0.25, -0.2) is 8.42 Å². The summed E-state index contributed by atoms with van der Waals surface area (Å²) in [7, 11) is -3.52. The number of ether oxygens (including phenoxy) is 2. The zero-order valence-corrected chi connectivity index (χ0v) is 12.7. The van der Waals surface area contributed by atoms with Crippen LogP contribution in [0, 0.1) is 5.92 Å². The molecular formula is C13H22O6S. The maximum absolute atomic E-state index is 12.4. The summed E-state index contributed by atoms with van der Waals surface area (Å²) >= 11 is 0. The fourth-order valence-electron chi connectivity index (χ4n) is 2.94. The van der Waals surface area contributed by atoms with Crippen molar-refractivity contribution in [2.75, 3.05) is 19.0 Å². The first-order valence-electron chi connectivity index (χ1n) is 6.89. The molecular weight excluding hydrogens is 284 g/mol. The smallest absolute Gasteiger partial charge is 0.163 e. The highest BCUT2D eigenvalue weighted by Crippen LogP contribution is 2.31. The second-order valence-corrected chi connectivity index (χ2v) is 8.31. The van der Waals surface area contributed by atoms with Crippen molar-refractivity contribution in [2.45, 2.75) is 50.3 Å². The minimum absolute atomic E-state index is 0.0743. The molecule has 7 heteroatoms. The minimum Gasteiger partial charge on any atom is -0.395 e. The monoisotopic (exact) mass is 306 g/mol. The molecule has 0 aromatic carbocycles. The number of ketones is 1. The van der Waals surface area contributed by atoms with Gasteiger partial charge in [0.15, 0.2) is 15.6 Å². The van der Waals surface area contributed by atoms with E-state index in [1.165, 1.54) is 0 Å². The van der Waals surface area contributed by atoms with Gasteiger partial charge < -0.3 is 14.6 Å². The molecule has 0 aromatic rings. The third-order valence-electron chi connectivity index (χ3n) is 3.94. The SMILES string of the molecule is CC1(C)OCC(CS(=O)(=O)C(CO)C2CCC(=O)C2)O1. The van der Waals surface area contributed by atoms with Crippen LogP contribution in [0.1, 0.15) is 33.1 Å². The average molecular weight is 306 g/mol. The van der Waals surface area contributed by atoms with Gasteiger partial charge in [-0.15, -0.1) is 0 Å². The Kier molecular flexibility index (Phi) is 4.53. The summed E-state index contributed by atoms with van der Waals surface area (Å²) in [6.07, 6.45) is 0.683. The summed E-state index contributed by atoms with van der Waals surface area (Å²) in [6.45, 7) is 3.25. The van der Waals surface area contributed by atoms with Gasteiger partial charge in [-0.3, -0.25) is 4.79 Å². The van der Waals surface area contributed by atoms with E-state index < -0.39 is 33.6 Å². The van der Waals surface area contributed by atoms with Crippen molar-refractivity contribution in [1.82, 2.24) is 0 Å². The average Bonchev–Trinajstić information content (AvgIpc) is 2.85. The molecule has 1 saturated heterocycles. The molecule has 0 radical (unpaired) electrons. The molecule has 2 rings (SSSR count). The molecule has 1 aliphatic carbocycles. The number of hydrogen-bond donors (Lipinski definition) is 1. The van der Waals surface area contributed by atoms with E-state index in [2.05, 4.69) is 0 Å². The van der Waals surface area contributed by atoms with Gasteiger partial charge in [-0.1, -0.05) is 0 Å². The van der Waals surface area contributed by atoms with Crippen LogP contribution in [-0.2, 0) is 24.1 Å². The quantitative estimate of drug-likeness (QED) is 0.785. The van der Waals surface area contributed by atoms with E-state index in [4.69, 9.17) is 9.47 Å². The molecule has 2 aliphatic rings. The van der Waals surface area contributed by atoms with Gasteiger partial charge in [-0.2, -0.15) is 0 Å². The van der Waals surface area contributed by atoms with Gasteiger partial charge in [0.05, 0.1) is 30.3 Å². The lowest BCUT2D eigenvalue weighted by Crippen LogP contribution is -2.38. The molecule has 1 N–H and O–H groups in total. The van der Waals surface area contributed by atoms with E-state index in [1.807, 2.05) is 0 Å². The summed E-state index contributed by atoms with van der Waals surface area (Å²) in [5.41, 5.74) is 0. The second kappa shape index (κ2) is 5.71. The Morgan fingerprint density at radius 1 is 1.45 bits per heavy atom. The van der Waals surface area contributed by atoms with Crippen molar-refractivity contribution in [3.63, 3.8) is 0 Å². The van der Waals surface area contributed by atoms with Crippen LogP contribution < -0.4 is 0 Å². The van der Waals surface area contributed by atoms with Crippen molar-refractivity contribution >= 4 is 15.6 Å². The number of Topliss-reactive ketones (excluding diaryl/α,β-unsaturated/α-hetero) is 1. The molecule has 3 atom stereocenters. The molecule has 1 aliphatic heterocycles. The summed E-state index contributed by atoms with van der Waals surface area (Å²) in [6, 6.07) is 0. The first-order chi connectivity index (χ1) is 9.23. The van der Waals surface area contributed by atoms with Crippen LogP contribution in [0.25, 0.3) is 0 Å². The number of carbonyl (C=O) groups is 1. The summed E-state index contributed by atoms with van der Waals surface area (Å²) < 4.78 is 35.7. The van der Waals surface area contributed by atoms with Gasteiger partial charge in [0.2, 0.25) is 0 Å². The zero-order valence-electron chi connectivity index (χ0n) is 11.9. The summed E-state index contributed by atoms with van der Waals surface area (Å²) in [4.78, 5) is 11.3. The van der Waals surface area contributed by atoms with E-state index in [-0.39, 0.29) is 30.5 Å². The third kappa shape index (κ3) is 3.58. The molecule has 0 bridgehead atoms. The number of aliphatic hydroxyl groups is 1. The van der Waals surface area contributed by atoms with E-state index in [9.17, 15) is 18.3 Å². The van der Waals surface area contributed by atoms with Crippen LogP contribution in [-0.4, -0.2) is 55.4 Å². The Bertz CT molecular complexity index is 469. The lowest BCUT2D eigenvalue weighted by atomic mass is 10.0. The molecule has 0 aromatic heterocycles. The van der Waals surface area contributed by atoms with Crippen LogP contribution in [0.3, 0.4) is 0 Å². The van der Waals surface area contributed by atoms with Crippen LogP contribution in [0.2, 0.25) is 0 Å². The maximum Gasteiger partial charge on any atom is 0.163 e. The highest BCUT2D eigenvalue weighted by atomic mass is 32.2. The van der Waals surface area contributed by atoms with E-state index in [0.717, 1.165) is 0 Å². The van der Waals surface area contributed by atoms with Gasteiger partial charge in [0, 0.05) is 12.8 Å². The fraction of sp³-hybridized carbons (Fsp3) is 0.923. The number of aliphatic hydroxyl groups excluding tert-OH is 1. The maximum atomic E-state index is 12.4. The van der Waals surface area contributed by atoms with Crippen molar-refractivity contribution in [3.05, 3.63) is 0 Å². The third-order valence-corrected chi connectivity index (χ3v) is 6.23. The molecule has 1 saturated carbocycles. The first kappa shape index (κ1) is 15.9. The van der Waals surface area contributed by atoms with E-state index >= 15 is 0 Å². The predicted molar refractivity (Wildman–Crippen MR) is 71.9 cm³/mol. The molecule has 0 spiro atoms. The molecule has 20 heavy (non-hydrogen) atoms. The molecule has 0 amide bonds. The van der Waals surface area contributed by atoms with Crippen molar-refractivity contribution < 1.29 is 27.8 Å². The number of carbonyl (C=O) groups excluding carboxylic acids is 1. The predicted octanol–water partition coefficient (Wildman–Crippen LogP) is 0.283. The Hall–Kier alpha value is -0.500. The number of rotatable bonds is 5. The van der Waals surface area contributed by atoms with Crippen LogP contribution >= 0.6 is 0 Å². The number of hydrogen-bond acceptors (Lipinski definition) is 6. The topological polar surface area (TPSA) is 89.9 Å². The Balaban J connectivity index is 2.03. The Morgan fingerprint density at radius 3 is 2.60 bits per heavy atom. The van der Waals surface area contributed by atoms with Crippen molar-refractivity contribution in [2.24, 2.45) is 5.92 Å². The molecule has 3 unspecified atom stereocenters. The summed E-state index contributed by atoms with van der Waals surface area (Å²) in [5, 5.41) is 8.55. The van der Waals surface area contributed by atoms with Gasteiger partial charge in [-0.05, 0) is 26.2 Å². The molecule has 2 fully saturated rings. The zero-order chi connectivity index (χ0) is 15.0. The lowest BCUT2D eigenvalue weighted by molar-refractivity contribution is -0.135. The van der Waals surface area contributed by atoms with Crippen LogP contribution in [0.4, 0.5) is 0 Å². The fourth-order valence-corrected chi connectivity index (χ4v) is 4.92. The van der Waals surface area contributed by atoms with Gasteiger partial charge >= 0.3 is 0 Å². The Morgan fingerprint density at radius 2 is 2.15 bits per heavy atom. The summed E-state index contributed by atoms with van der Waals surface area (Å²) in [5.74, 6) is -1.14. The number of sulfone groups is 1. The molecule has 6 nitrogen and oxygen atoms in total. The highest BCUT2D eigenvalue weighted by molar-refractivity contribution is 7.92. The standard InChI is InChI=1S/C13H22O6S/c1-13(2)18-7-11(19-13)8-20(16,17)12(6-14)9-3-4-10(15)5-9/h9,11-12,14H,3-8H2,1-2H3. The van der Waals surface area contributed by atoms with E-state index in [0.29, 0.717) is 12.8 Å². The van der Waals surface area contributed by atoms with Crippen LogP contribution in [0.15, 0.2) is 0 Å². The Labute approximate surface area is 119 Å². The van der Waals surface area contributed by atoms with Crippen molar-refractivity contribution in [3.8, 4) is 0 Å². The van der Waals surface area contributed by atoms with E-state index in [1.54, 1.807) is 13.8 Å².